The van der Waals surface area contributed by atoms with Crippen LogP contribution in [0.5, 0.6) is 0 Å². The van der Waals surface area contributed by atoms with Gasteiger partial charge in [-0.25, -0.2) is 9.18 Å². The zero-order chi connectivity index (χ0) is 18.8. The summed E-state index contributed by atoms with van der Waals surface area (Å²) in [5.74, 6) is 1.64. The zero-order valence-electron chi connectivity index (χ0n) is 14.0. The number of halogens is 2. The first-order valence-electron chi connectivity index (χ1n) is 8.13. The predicted octanol–water partition coefficient (Wildman–Crippen LogP) is 1.69. The van der Waals surface area contributed by atoms with Crippen LogP contribution in [0.3, 0.4) is 0 Å². The Hall–Kier alpha value is -2.66. The Morgan fingerprint density at radius 1 is 1.50 bits per heavy atom. The summed E-state index contributed by atoms with van der Waals surface area (Å²) in [6.45, 7) is 1.58. The first-order chi connectivity index (χ1) is 12.4. The summed E-state index contributed by atoms with van der Waals surface area (Å²) in [7, 11) is 0. The first-order valence-corrected chi connectivity index (χ1v) is 8.51. The van der Waals surface area contributed by atoms with Gasteiger partial charge < -0.3 is 5.32 Å². The van der Waals surface area contributed by atoms with Crippen LogP contribution >= 0.6 is 11.6 Å². The lowest BCUT2D eigenvalue weighted by molar-refractivity contribution is -0.122. The monoisotopic (exact) mass is 377 g/mol. The van der Waals surface area contributed by atoms with Crippen LogP contribution in [0.15, 0.2) is 23.0 Å². The summed E-state index contributed by atoms with van der Waals surface area (Å²) < 4.78 is 15.8. The van der Waals surface area contributed by atoms with Crippen LogP contribution in [-0.2, 0) is 11.3 Å². The van der Waals surface area contributed by atoms with Crippen molar-refractivity contribution in [1.82, 2.24) is 25.1 Å². The number of rotatable bonds is 6. The lowest BCUT2D eigenvalue weighted by atomic mass is 10.1. The van der Waals surface area contributed by atoms with E-state index in [0.29, 0.717) is 11.5 Å². The third-order valence-corrected chi connectivity index (χ3v) is 4.70. The van der Waals surface area contributed by atoms with Gasteiger partial charge in [0.2, 0.25) is 5.91 Å². The normalized spacial score (nSPS) is 15.9. The molecule has 26 heavy (non-hydrogen) atoms. The summed E-state index contributed by atoms with van der Waals surface area (Å²) in [5.41, 5.74) is -0.0737. The van der Waals surface area contributed by atoms with E-state index in [1.807, 2.05) is 6.92 Å². The first kappa shape index (κ1) is 18.1. The van der Waals surface area contributed by atoms with Gasteiger partial charge in [0, 0.05) is 0 Å². The van der Waals surface area contributed by atoms with Crippen molar-refractivity contribution >= 4 is 17.5 Å². The van der Waals surface area contributed by atoms with Crippen molar-refractivity contribution in [2.45, 2.75) is 38.4 Å². The molecule has 136 valence electrons. The van der Waals surface area contributed by atoms with Crippen molar-refractivity contribution in [3.05, 3.63) is 45.1 Å². The molecule has 1 heterocycles. The van der Waals surface area contributed by atoms with Crippen molar-refractivity contribution < 1.29 is 9.18 Å². The highest BCUT2D eigenvalue weighted by molar-refractivity contribution is 6.30. The highest BCUT2D eigenvalue weighted by atomic mass is 35.5. The van der Waals surface area contributed by atoms with Crippen molar-refractivity contribution in [2.24, 2.45) is 5.92 Å². The Labute approximate surface area is 154 Å². The molecule has 3 rings (SSSR count). The van der Waals surface area contributed by atoms with Gasteiger partial charge in [-0.05, 0) is 53.8 Å². The molecule has 1 aliphatic carbocycles. The van der Waals surface area contributed by atoms with Crippen LogP contribution in [0.25, 0.3) is 0 Å². The number of tetrazole rings is 1. The number of benzene rings is 1. The smallest absolute Gasteiger partial charge is 0.337 e. The molecule has 2 atom stereocenters. The van der Waals surface area contributed by atoms with Crippen LogP contribution in [0, 0.1) is 24.1 Å². The van der Waals surface area contributed by atoms with E-state index in [1.165, 1.54) is 16.8 Å². The van der Waals surface area contributed by atoms with Gasteiger partial charge in [0.15, 0.2) is 0 Å². The molecule has 0 spiro atoms. The Balaban J connectivity index is 1.69. The number of hydrogen-bond acceptors (Lipinski definition) is 4. The lowest BCUT2D eigenvalue weighted by Crippen LogP contribution is -2.36. The lowest BCUT2D eigenvalue weighted by Gasteiger charge is -2.13. The number of carbonyl (C=O) groups is 1. The zero-order valence-corrected chi connectivity index (χ0v) is 14.8. The van der Waals surface area contributed by atoms with Crippen LogP contribution < -0.4 is 11.0 Å². The Morgan fingerprint density at radius 3 is 2.85 bits per heavy atom. The number of aromatic nitrogens is 4. The summed E-state index contributed by atoms with van der Waals surface area (Å²) in [6.07, 6.45) is 7.54. The van der Waals surface area contributed by atoms with E-state index in [1.54, 1.807) is 0 Å². The second-order valence-corrected chi connectivity index (χ2v) is 6.69. The number of terminal acetylenes is 1. The molecule has 1 unspecified atom stereocenters. The fraction of sp³-hybridized carbons (Fsp3) is 0.412. The van der Waals surface area contributed by atoms with Gasteiger partial charge in [0.25, 0.3) is 0 Å². The highest BCUT2D eigenvalue weighted by Crippen LogP contribution is 2.38. The molecule has 1 saturated carbocycles. The van der Waals surface area contributed by atoms with Gasteiger partial charge in [0.05, 0.1) is 11.1 Å². The summed E-state index contributed by atoms with van der Waals surface area (Å²) >= 11 is 5.64. The minimum absolute atomic E-state index is 0.0382. The van der Waals surface area contributed by atoms with Gasteiger partial charge in [-0.1, -0.05) is 23.6 Å². The second kappa shape index (κ2) is 7.30. The topological polar surface area (TPSA) is 81.8 Å². The quantitative estimate of drug-likeness (QED) is 0.777. The molecule has 0 radical (unpaired) electrons. The summed E-state index contributed by atoms with van der Waals surface area (Å²) in [5, 5.41) is 10.1. The number of amides is 1. The fourth-order valence-corrected chi connectivity index (χ4v) is 2.79. The number of carbonyl (C=O) groups excluding carboxylic acids is 1. The molecule has 0 saturated heterocycles. The van der Waals surface area contributed by atoms with E-state index in [0.717, 1.165) is 23.6 Å². The van der Waals surface area contributed by atoms with Crippen LogP contribution in [-0.4, -0.2) is 25.7 Å². The second-order valence-electron chi connectivity index (χ2n) is 6.28. The summed E-state index contributed by atoms with van der Waals surface area (Å²) in [4.78, 5) is 24.5. The van der Waals surface area contributed by atoms with Gasteiger partial charge in [-0.3, -0.25) is 4.79 Å². The molecule has 0 bridgehead atoms. The van der Waals surface area contributed by atoms with E-state index in [4.69, 9.17) is 18.0 Å². The average Bonchev–Trinajstić information content (AvgIpc) is 3.40. The van der Waals surface area contributed by atoms with Crippen molar-refractivity contribution in [2.75, 3.05) is 0 Å². The molecule has 7 nitrogen and oxygen atoms in total. The molecule has 2 aromatic rings. The molecule has 1 aliphatic rings. The number of nitrogens with one attached hydrogen (secondary N) is 1. The standard InChI is InChI=1S/C17H17ClFN5O2/c1-3-15(12-6-7-13(18)14(19)8-12)20-16(25)9-23-17(26)24(22-21-23)10(2)11-4-5-11/h1,6-8,10-11,15H,4-5,9H2,2H3,(H,20,25)/t10?,15-/m0/s1. The molecule has 0 aliphatic heterocycles. The maximum Gasteiger partial charge on any atom is 0.364 e. The van der Waals surface area contributed by atoms with Gasteiger partial charge in [-0.15, -0.1) is 6.42 Å². The largest absolute Gasteiger partial charge is 0.364 e. The Bertz CT molecular complexity index is 928. The molecular weight excluding hydrogens is 361 g/mol. The van der Waals surface area contributed by atoms with E-state index in [9.17, 15) is 14.0 Å². The average molecular weight is 378 g/mol. The minimum Gasteiger partial charge on any atom is -0.337 e. The molecule has 1 N–H and O–H groups in total. The van der Waals surface area contributed by atoms with E-state index < -0.39 is 23.5 Å². The van der Waals surface area contributed by atoms with E-state index in [-0.39, 0.29) is 17.6 Å². The van der Waals surface area contributed by atoms with Crippen LogP contribution in [0.4, 0.5) is 4.39 Å². The molecule has 1 amide bonds. The third kappa shape index (κ3) is 3.78. The number of hydrogen-bond donors (Lipinski definition) is 1. The molecule has 1 aromatic heterocycles. The molecular formula is C17H17ClFN5O2. The fourth-order valence-electron chi connectivity index (χ4n) is 2.68. The van der Waals surface area contributed by atoms with Gasteiger partial charge in [-0.2, -0.15) is 9.36 Å². The Morgan fingerprint density at radius 2 is 2.23 bits per heavy atom. The third-order valence-electron chi connectivity index (χ3n) is 4.39. The van der Waals surface area contributed by atoms with Gasteiger partial charge in [0.1, 0.15) is 18.4 Å². The van der Waals surface area contributed by atoms with E-state index >= 15 is 0 Å². The Kier molecular flexibility index (Phi) is 5.09. The molecule has 1 fully saturated rings. The summed E-state index contributed by atoms with van der Waals surface area (Å²) in [6, 6.07) is 3.14. The van der Waals surface area contributed by atoms with Crippen molar-refractivity contribution in [3.8, 4) is 12.3 Å². The molecule has 9 heteroatoms. The maximum atomic E-state index is 13.6. The highest BCUT2D eigenvalue weighted by Gasteiger charge is 2.31. The minimum atomic E-state index is -0.856. The van der Waals surface area contributed by atoms with Crippen LogP contribution in [0.2, 0.25) is 5.02 Å². The molecule has 1 aromatic carbocycles. The SMILES string of the molecule is C#C[C@H](NC(=O)Cn1nnn(C(C)C2CC2)c1=O)c1ccc(Cl)c(F)c1. The van der Waals surface area contributed by atoms with Crippen molar-refractivity contribution in [1.29, 1.82) is 0 Å². The predicted molar refractivity (Wildman–Crippen MR) is 92.8 cm³/mol. The van der Waals surface area contributed by atoms with E-state index in [2.05, 4.69) is 21.7 Å². The van der Waals surface area contributed by atoms with Crippen molar-refractivity contribution in [3.63, 3.8) is 0 Å². The number of nitrogens with zero attached hydrogens (tertiary/aromatic N) is 4. The maximum absolute atomic E-state index is 13.6. The van der Waals surface area contributed by atoms with Crippen LogP contribution in [0.1, 0.15) is 37.4 Å². The van der Waals surface area contributed by atoms with Gasteiger partial charge >= 0.3 is 5.69 Å².